The van der Waals surface area contributed by atoms with Crippen molar-refractivity contribution in [2.45, 2.75) is 25.8 Å². The van der Waals surface area contributed by atoms with Gasteiger partial charge in [0.15, 0.2) is 5.92 Å². The molecule has 3 unspecified atom stereocenters. The number of thioether (sulfide) groups is 1. The number of rotatable bonds is 6. The van der Waals surface area contributed by atoms with Gasteiger partial charge in [-0.1, -0.05) is 24.3 Å². The molecular formula is C26H33N3O5S. The van der Waals surface area contributed by atoms with Crippen LogP contribution in [0.1, 0.15) is 31.4 Å². The van der Waals surface area contributed by atoms with Crippen molar-refractivity contribution in [3.05, 3.63) is 40.8 Å². The van der Waals surface area contributed by atoms with Crippen LogP contribution in [-0.2, 0) is 23.9 Å². The first-order valence-corrected chi connectivity index (χ1v) is 13.6. The van der Waals surface area contributed by atoms with Gasteiger partial charge in [0.25, 0.3) is 5.91 Å². The molecule has 2 fully saturated rings. The van der Waals surface area contributed by atoms with Crippen LogP contribution in [0, 0.1) is 11.8 Å². The molecule has 1 aromatic rings. The standard InChI is InChI=1S/C26H33N3O5S/c1-2-34-26(32)22-23(27-10-12-28(13-11-27)24(30)21-8-5-15-35-21)19-6-3-4-7-20(19)29(25(22)31)16-18-9-14-33-17-18/h3-4,6-8,18,22-23H,2,5,9-17H2,1H3. The van der Waals surface area contributed by atoms with Crippen molar-refractivity contribution in [1.29, 1.82) is 0 Å². The maximum absolute atomic E-state index is 13.9. The van der Waals surface area contributed by atoms with Crippen LogP contribution >= 0.6 is 11.8 Å². The molecule has 0 aliphatic carbocycles. The summed E-state index contributed by atoms with van der Waals surface area (Å²) in [6.45, 7) is 6.20. The number of hydrogen-bond donors (Lipinski definition) is 0. The Balaban J connectivity index is 1.41. The average molecular weight is 500 g/mol. The lowest BCUT2D eigenvalue weighted by Crippen LogP contribution is -2.57. The second kappa shape index (κ2) is 10.7. The van der Waals surface area contributed by atoms with Gasteiger partial charge in [-0.2, -0.15) is 0 Å². The van der Waals surface area contributed by atoms with Gasteiger partial charge in [0.1, 0.15) is 0 Å². The maximum atomic E-state index is 13.9. The number of nitrogens with zero attached hydrogens (tertiary/aromatic N) is 3. The summed E-state index contributed by atoms with van der Waals surface area (Å²) in [5.74, 6) is -0.293. The van der Waals surface area contributed by atoms with Crippen molar-refractivity contribution in [1.82, 2.24) is 9.80 Å². The van der Waals surface area contributed by atoms with Crippen molar-refractivity contribution in [2.75, 3.05) is 63.2 Å². The summed E-state index contributed by atoms with van der Waals surface area (Å²) in [4.78, 5) is 46.6. The first-order chi connectivity index (χ1) is 17.1. The van der Waals surface area contributed by atoms with E-state index in [1.54, 1.807) is 23.6 Å². The minimum absolute atomic E-state index is 0.0965. The summed E-state index contributed by atoms with van der Waals surface area (Å²) in [5.41, 5.74) is 1.83. The second-order valence-corrected chi connectivity index (χ2v) is 10.6. The van der Waals surface area contributed by atoms with Crippen LogP contribution in [0.25, 0.3) is 0 Å². The van der Waals surface area contributed by atoms with Crippen LogP contribution in [0.4, 0.5) is 5.69 Å². The molecule has 9 heteroatoms. The van der Waals surface area contributed by atoms with E-state index >= 15 is 0 Å². The van der Waals surface area contributed by atoms with Gasteiger partial charge in [0, 0.05) is 56.7 Å². The third-order valence-corrected chi connectivity index (χ3v) is 8.40. The molecule has 1 aromatic carbocycles. The molecule has 0 saturated carbocycles. The number of benzene rings is 1. The van der Waals surface area contributed by atoms with Gasteiger partial charge in [-0.05, 0) is 31.4 Å². The molecule has 2 amide bonds. The summed E-state index contributed by atoms with van der Waals surface area (Å²) in [5, 5.41) is 0. The van der Waals surface area contributed by atoms with E-state index in [2.05, 4.69) is 4.90 Å². The highest BCUT2D eigenvalue weighted by Crippen LogP contribution is 2.43. The molecule has 8 nitrogen and oxygen atoms in total. The second-order valence-electron chi connectivity index (χ2n) is 9.45. The van der Waals surface area contributed by atoms with E-state index in [0.717, 1.165) is 34.8 Å². The van der Waals surface area contributed by atoms with Crippen LogP contribution in [0.3, 0.4) is 0 Å². The fourth-order valence-electron chi connectivity index (χ4n) is 5.55. The smallest absolute Gasteiger partial charge is 0.320 e. The lowest BCUT2D eigenvalue weighted by molar-refractivity contribution is -0.156. The van der Waals surface area contributed by atoms with Gasteiger partial charge in [0.2, 0.25) is 5.91 Å². The van der Waals surface area contributed by atoms with Crippen molar-refractivity contribution < 1.29 is 23.9 Å². The van der Waals surface area contributed by atoms with Gasteiger partial charge in [-0.25, -0.2) is 0 Å². The zero-order valence-electron chi connectivity index (χ0n) is 20.2. The number of carbonyl (C=O) groups excluding carboxylic acids is 3. The van der Waals surface area contributed by atoms with E-state index in [1.165, 1.54) is 0 Å². The first kappa shape index (κ1) is 24.3. The third kappa shape index (κ3) is 4.86. The molecule has 0 radical (unpaired) electrons. The largest absolute Gasteiger partial charge is 0.465 e. The number of esters is 1. The summed E-state index contributed by atoms with van der Waals surface area (Å²) in [6.07, 6.45) is 3.87. The number of para-hydroxylation sites is 1. The predicted molar refractivity (Wildman–Crippen MR) is 134 cm³/mol. The number of ether oxygens (including phenoxy) is 2. The van der Waals surface area contributed by atoms with Crippen LogP contribution < -0.4 is 4.90 Å². The molecular weight excluding hydrogens is 466 g/mol. The summed E-state index contributed by atoms with van der Waals surface area (Å²) in [6, 6.07) is 7.49. The highest BCUT2D eigenvalue weighted by Gasteiger charge is 2.49. The van der Waals surface area contributed by atoms with Crippen LogP contribution in [0.2, 0.25) is 0 Å². The maximum Gasteiger partial charge on any atom is 0.320 e. The number of anilines is 1. The predicted octanol–water partition coefficient (Wildman–Crippen LogP) is 2.46. The summed E-state index contributed by atoms with van der Waals surface area (Å²) >= 11 is 1.62. The topological polar surface area (TPSA) is 79.4 Å². The Labute approximate surface area is 210 Å². The SMILES string of the molecule is CCOC(=O)C1C(=O)N(CC2CCOC2)c2ccccc2C1N1CCN(C(=O)C2=CCCS2)CC1. The average Bonchev–Trinajstić information content (AvgIpc) is 3.60. The summed E-state index contributed by atoms with van der Waals surface area (Å²) < 4.78 is 11.0. The highest BCUT2D eigenvalue weighted by molar-refractivity contribution is 8.04. The number of piperazine rings is 1. The monoisotopic (exact) mass is 499 g/mol. The van der Waals surface area contributed by atoms with Gasteiger partial charge >= 0.3 is 5.97 Å². The third-order valence-electron chi connectivity index (χ3n) is 7.31. The fourth-order valence-corrected chi connectivity index (χ4v) is 6.50. The zero-order chi connectivity index (χ0) is 24.4. The molecule has 188 valence electrons. The Morgan fingerprint density at radius 2 is 1.97 bits per heavy atom. The van der Waals surface area contributed by atoms with Crippen LogP contribution in [-0.4, -0.2) is 85.9 Å². The number of allylic oxidation sites excluding steroid dienone is 1. The number of carbonyl (C=O) groups is 3. The number of amides is 2. The van der Waals surface area contributed by atoms with Gasteiger partial charge < -0.3 is 19.3 Å². The Bertz CT molecular complexity index is 1000. The highest BCUT2D eigenvalue weighted by atomic mass is 32.2. The molecule has 0 N–H and O–H groups in total. The van der Waals surface area contributed by atoms with E-state index in [0.29, 0.717) is 45.9 Å². The summed E-state index contributed by atoms with van der Waals surface area (Å²) in [7, 11) is 0. The van der Waals surface area contributed by atoms with Crippen molar-refractivity contribution in [3.63, 3.8) is 0 Å². The zero-order valence-corrected chi connectivity index (χ0v) is 21.0. The Morgan fingerprint density at radius 3 is 2.66 bits per heavy atom. The first-order valence-electron chi connectivity index (χ1n) is 12.6. The Morgan fingerprint density at radius 1 is 1.17 bits per heavy atom. The van der Waals surface area contributed by atoms with Crippen molar-refractivity contribution in [2.24, 2.45) is 11.8 Å². The normalized spacial score (nSPS) is 27.1. The van der Waals surface area contributed by atoms with Gasteiger partial charge in [-0.15, -0.1) is 11.8 Å². The molecule has 0 bridgehead atoms. The van der Waals surface area contributed by atoms with E-state index in [4.69, 9.17) is 9.47 Å². The molecule has 4 aliphatic rings. The van der Waals surface area contributed by atoms with E-state index in [9.17, 15) is 14.4 Å². The molecule has 3 atom stereocenters. The molecule has 0 spiro atoms. The minimum atomic E-state index is -0.928. The lowest BCUT2D eigenvalue weighted by atomic mass is 9.84. The molecule has 4 aliphatic heterocycles. The Kier molecular flexibility index (Phi) is 7.45. The minimum Gasteiger partial charge on any atom is -0.465 e. The molecule has 35 heavy (non-hydrogen) atoms. The number of hydrogen-bond acceptors (Lipinski definition) is 7. The molecule has 4 heterocycles. The van der Waals surface area contributed by atoms with Crippen LogP contribution in [0.5, 0.6) is 0 Å². The van der Waals surface area contributed by atoms with Crippen LogP contribution in [0.15, 0.2) is 35.2 Å². The van der Waals surface area contributed by atoms with Crippen molar-refractivity contribution in [3.8, 4) is 0 Å². The van der Waals surface area contributed by atoms with Gasteiger partial charge in [-0.3, -0.25) is 19.3 Å². The van der Waals surface area contributed by atoms with E-state index in [-0.39, 0.29) is 24.3 Å². The quantitative estimate of drug-likeness (QED) is 0.439. The Hall–Kier alpha value is -2.36. The van der Waals surface area contributed by atoms with Gasteiger partial charge in [0.05, 0.1) is 24.2 Å². The van der Waals surface area contributed by atoms with E-state index in [1.807, 2.05) is 35.2 Å². The van der Waals surface area contributed by atoms with E-state index < -0.39 is 17.9 Å². The van der Waals surface area contributed by atoms with Crippen molar-refractivity contribution >= 4 is 35.2 Å². The lowest BCUT2D eigenvalue weighted by Gasteiger charge is -2.46. The molecule has 0 aromatic heterocycles. The molecule has 2 saturated heterocycles. The fraction of sp³-hybridized carbons (Fsp3) is 0.577. The molecule has 5 rings (SSSR count). The number of fused-ring (bicyclic) bond motifs is 1.